The van der Waals surface area contributed by atoms with Gasteiger partial charge in [0, 0.05) is 11.6 Å². The second-order valence-corrected chi connectivity index (χ2v) is 5.93. The first-order valence-electron chi connectivity index (χ1n) is 7.40. The Hall–Kier alpha value is -0.960. The zero-order valence-electron chi connectivity index (χ0n) is 11.3. The number of fused-ring (bicyclic) bond motifs is 1. The minimum Gasteiger partial charge on any atom is -0.310 e. The highest BCUT2D eigenvalue weighted by Gasteiger charge is 2.56. The standard InChI is InChI=1S/C16H21F2N/c1-2-8-19-16(15-11-4-3-5-12(11)15)13-9-10(17)6-7-14(13)18/h6-7,9,11-12,15-16,19H,2-5,8H2,1H3. The topological polar surface area (TPSA) is 12.0 Å². The Bertz CT molecular complexity index is 450. The molecule has 0 radical (unpaired) electrons. The maximum absolute atomic E-state index is 14.0. The minimum absolute atomic E-state index is 0.00838. The van der Waals surface area contributed by atoms with Crippen molar-refractivity contribution in [2.45, 2.75) is 38.6 Å². The lowest BCUT2D eigenvalue weighted by atomic mass is 9.96. The van der Waals surface area contributed by atoms with Crippen LogP contribution in [0.3, 0.4) is 0 Å². The third kappa shape index (κ3) is 2.40. The van der Waals surface area contributed by atoms with Gasteiger partial charge in [-0.05, 0) is 61.8 Å². The third-order valence-corrected chi connectivity index (χ3v) is 4.77. The highest BCUT2D eigenvalue weighted by molar-refractivity contribution is 5.26. The molecule has 3 unspecified atom stereocenters. The zero-order chi connectivity index (χ0) is 13.4. The lowest BCUT2D eigenvalue weighted by molar-refractivity contribution is 0.401. The summed E-state index contributed by atoms with van der Waals surface area (Å²) in [5, 5.41) is 3.44. The maximum atomic E-state index is 14.0. The summed E-state index contributed by atoms with van der Waals surface area (Å²) in [5.41, 5.74) is 0.521. The molecule has 3 atom stereocenters. The molecule has 19 heavy (non-hydrogen) atoms. The number of rotatable bonds is 5. The minimum atomic E-state index is -0.342. The molecule has 2 aliphatic rings. The highest BCUT2D eigenvalue weighted by atomic mass is 19.1. The van der Waals surface area contributed by atoms with Crippen molar-refractivity contribution in [3.63, 3.8) is 0 Å². The maximum Gasteiger partial charge on any atom is 0.128 e. The van der Waals surface area contributed by atoms with Gasteiger partial charge in [0.05, 0.1) is 0 Å². The summed E-state index contributed by atoms with van der Waals surface area (Å²) < 4.78 is 27.4. The average Bonchev–Trinajstić information content (AvgIpc) is 2.86. The summed E-state index contributed by atoms with van der Waals surface area (Å²) in [6, 6.07) is 3.81. The normalized spacial score (nSPS) is 30.2. The van der Waals surface area contributed by atoms with E-state index in [2.05, 4.69) is 12.2 Å². The number of hydrogen-bond donors (Lipinski definition) is 1. The first-order chi connectivity index (χ1) is 9.22. The molecule has 0 aliphatic heterocycles. The van der Waals surface area contributed by atoms with Gasteiger partial charge < -0.3 is 5.32 Å². The van der Waals surface area contributed by atoms with Crippen LogP contribution in [0.25, 0.3) is 0 Å². The van der Waals surface area contributed by atoms with E-state index in [1.165, 1.54) is 37.5 Å². The second kappa shape index (κ2) is 5.20. The van der Waals surface area contributed by atoms with Crippen LogP contribution in [0.2, 0.25) is 0 Å². The summed E-state index contributed by atoms with van der Waals surface area (Å²) in [4.78, 5) is 0. The van der Waals surface area contributed by atoms with Crippen molar-refractivity contribution >= 4 is 0 Å². The van der Waals surface area contributed by atoms with Gasteiger partial charge in [-0.2, -0.15) is 0 Å². The van der Waals surface area contributed by atoms with Crippen molar-refractivity contribution in [2.24, 2.45) is 17.8 Å². The molecule has 0 amide bonds. The van der Waals surface area contributed by atoms with Crippen LogP contribution in [0, 0.1) is 29.4 Å². The molecule has 0 spiro atoms. The lowest BCUT2D eigenvalue weighted by Gasteiger charge is -2.21. The molecule has 3 heteroatoms. The van der Waals surface area contributed by atoms with E-state index in [1.807, 2.05) is 0 Å². The third-order valence-electron chi connectivity index (χ3n) is 4.77. The van der Waals surface area contributed by atoms with Crippen molar-refractivity contribution in [3.05, 3.63) is 35.4 Å². The van der Waals surface area contributed by atoms with E-state index in [9.17, 15) is 8.78 Å². The van der Waals surface area contributed by atoms with Gasteiger partial charge in [-0.3, -0.25) is 0 Å². The van der Waals surface area contributed by atoms with Crippen LogP contribution in [0.15, 0.2) is 18.2 Å². The summed E-state index contributed by atoms with van der Waals surface area (Å²) in [7, 11) is 0. The molecule has 3 rings (SSSR count). The Morgan fingerprint density at radius 2 is 2.00 bits per heavy atom. The zero-order valence-corrected chi connectivity index (χ0v) is 11.3. The monoisotopic (exact) mass is 265 g/mol. The van der Waals surface area contributed by atoms with Gasteiger partial charge in [0.25, 0.3) is 0 Å². The van der Waals surface area contributed by atoms with Crippen molar-refractivity contribution in [2.75, 3.05) is 6.54 Å². The fraction of sp³-hybridized carbons (Fsp3) is 0.625. The van der Waals surface area contributed by atoms with E-state index in [0.29, 0.717) is 11.5 Å². The van der Waals surface area contributed by atoms with Crippen LogP contribution < -0.4 is 5.32 Å². The van der Waals surface area contributed by atoms with E-state index in [-0.39, 0.29) is 17.7 Å². The van der Waals surface area contributed by atoms with Crippen molar-refractivity contribution < 1.29 is 8.78 Å². The second-order valence-electron chi connectivity index (χ2n) is 5.93. The predicted octanol–water partition coefficient (Wildman–Crippen LogP) is 4.05. The predicted molar refractivity (Wildman–Crippen MR) is 71.7 cm³/mol. The van der Waals surface area contributed by atoms with E-state index < -0.39 is 0 Å². The fourth-order valence-corrected chi connectivity index (χ4v) is 3.88. The Labute approximate surface area is 113 Å². The van der Waals surface area contributed by atoms with Gasteiger partial charge in [-0.25, -0.2) is 8.78 Å². The summed E-state index contributed by atoms with van der Waals surface area (Å²) in [6.07, 6.45) is 4.83. The molecule has 0 bridgehead atoms. The molecule has 2 fully saturated rings. The Morgan fingerprint density at radius 1 is 1.26 bits per heavy atom. The summed E-state index contributed by atoms with van der Waals surface area (Å²) in [5.74, 6) is 1.36. The molecule has 0 saturated heterocycles. The van der Waals surface area contributed by atoms with Gasteiger partial charge >= 0.3 is 0 Å². The first-order valence-corrected chi connectivity index (χ1v) is 7.40. The van der Waals surface area contributed by atoms with Gasteiger partial charge in [0.2, 0.25) is 0 Å². The van der Waals surface area contributed by atoms with E-state index >= 15 is 0 Å². The van der Waals surface area contributed by atoms with Crippen LogP contribution in [-0.2, 0) is 0 Å². The van der Waals surface area contributed by atoms with Gasteiger partial charge in [-0.15, -0.1) is 0 Å². The lowest BCUT2D eigenvalue weighted by Crippen LogP contribution is -2.26. The molecular weight excluding hydrogens is 244 g/mol. The first kappa shape index (κ1) is 13.0. The summed E-state index contributed by atoms with van der Waals surface area (Å²) >= 11 is 0. The molecule has 0 aromatic heterocycles. The van der Waals surface area contributed by atoms with Crippen LogP contribution in [0.4, 0.5) is 8.78 Å². The van der Waals surface area contributed by atoms with Gasteiger partial charge in [0.1, 0.15) is 11.6 Å². The van der Waals surface area contributed by atoms with Crippen molar-refractivity contribution in [1.29, 1.82) is 0 Å². The molecule has 1 aromatic rings. The molecule has 2 saturated carbocycles. The smallest absolute Gasteiger partial charge is 0.128 e. The van der Waals surface area contributed by atoms with E-state index in [4.69, 9.17) is 0 Å². The van der Waals surface area contributed by atoms with Crippen LogP contribution >= 0.6 is 0 Å². The molecular formula is C16H21F2N. The van der Waals surface area contributed by atoms with Gasteiger partial charge in [-0.1, -0.05) is 13.3 Å². The number of nitrogens with one attached hydrogen (secondary N) is 1. The Kier molecular flexibility index (Phi) is 3.57. The molecule has 0 heterocycles. The van der Waals surface area contributed by atoms with Crippen LogP contribution in [-0.4, -0.2) is 6.54 Å². The number of hydrogen-bond acceptors (Lipinski definition) is 1. The largest absolute Gasteiger partial charge is 0.310 e. The Morgan fingerprint density at radius 3 is 2.68 bits per heavy atom. The molecule has 1 N–H and O–H groups in total. The van der Waals surface area contributed by atoms with E-state index in [0.717, 1.165) is 24.8 Å². The molecule has 2 aliphatic carbocycles. The molecule has 1 aromatic carbocycles. The van der Waals surface area contributed by atoms with Crippen molar-refractivity contribution in [1.82, 2.24) is 5.32 Å². The van der Waals surface area contributed by atoms with E-state index in [1.54, 1.807) is 0 Å². The molecule has 104 valence electrons. The SMILES string of the molecule is CCCNC(c1cc(F)ccc1F)C1C2CCCC21. The van der Waals surface area contributed by atoms with Crippen LogP contribution in [0.5, 0.6) is 0 Å². The number of halogens is 2. The van der Waals surface area contributed by atoms with Gasteiger partial charge in [0.15, 0.2) is 0 Å². The fourth-order valence-electron chi connectivity index (χ4n) is 3.88. The molecule has 1 nitrogen and oxygen atoms in total. The van der Waals surface area contributed by atoms with Crippen LogP contribution in [0.1, 0.15) is 44.2 Å². The van der Waals surface area contributed by atoms with Crippen molar-refractivity contribution in [3.8, 4) is 0 Å². The Balaban J connectivity index is 1.84. The quantitative estimate of drug-likeness (QED) is 0.847. The highest BCUT2D eigenvalue weighted by Crippen LogP contribution is 2.62. The summed E-state index contributed by atoms with van der Waals surface area (Å²) in [6.45, 7) is 2.95. The number of benzene rings is 1. The average molecular weight is 265 g/mol.